The van der Waals surface area contributed by atoms with Crippen molar-refractivity contribution in [2.45, 2.75) is 39.7 Å². The zero-order valence-corrected chi connectivity index (χ0v) is 10.8. The summed E-state index contributed by atoms with van der Waals surface area (Å²) in [5.41, 5.74) is 0.854. The predicted octanol–water partition coefficient (Wildman–Crippen LogP) is 3.10. The van der Waals surface area contributed by atoms with Crippen molar-refractivity contribution in [1.29, 1.82) is 0 Å². The van der Waals surface area contributed by atoms with Gasteiger partial charge in [0.2, 0.25) is 0 Å². The molecule has 2 aromatic rings. The van der Waals surface area contributed by atoms with E-state index in [-0.39, 0.29) is 17.5 Å². The lowest BCUT2D eigenvalue weighted by Gasteiger charge is -2.18. The van der Waals surface area contributed by atoms with Crippen molar-refractivity contribution in [3.8, 4) is 0 Å². The van der Waals surface area contributed by atoms with Gasteiger partial charge in [-0.2, -0.15) is 0 Å². The number of hydrogen-bond acceptors (Lipinski definition) is 2. The van der Waals surface area contributed by atoms with Crippen LogP contribution in [-0.2, 0) is 0 Å². The zero-order valence-electron chi connectivity index (χ0n) is 10.8. The quantitative estimate of drug-likeness (QED) is 0.794. The van der Waals surface area contributed by atoms with Crippen LogP contribution in [0, 0.1) is 0 Å². The SMILES string of the molecule is CC(C)c1nc2ccccc2c(=O)n1C(C)C. The molecule has 0 spiro atoms. The van der Waals surface area contributed by atoms with Crippen LogP contribution in [0.15, 0.2) is 29.1 Å². The fourth-order valence-corrected chi connectivity index (χ4v) is 2.07. The summed E-state index contributed by atoms with van der Waals surface area (Å²) in [6.07, 6.45) is 0. The van der Waals surface area contributed by atoms with Gasteiger partial charge in [0.1, 0.15) is 5.82 Å². The normalized spacial score (nSPS) is 11.6. The molecule has 2 rings (SSSR count). The number of hydrogen-bond donors (Lipinski definition) is 0. The van der Waals surface area contributed by atoms with Gasteiger partial charge in [-0.1, -0.05) is 26.0 Å². The molecule has 0 amide bonds. The molecule has 0 saturated heterocycles. The highest BCUT2D eigenvalue weighted by Gasteiger charge is 2.15. The maximum Gasteiger partial charge on any atom is 0.261 e. The first-order valence-electron chi connectivity index (χ1n) is 6.03. The van der Waals surface area contributed by atoms with Crippen LogP contribution in [0.3, 0.4) is 0 Å². The van der Waals surface area contributed by atoms with Gasteiger partial charge >= 0.3 is 0 Å². The maximum absolute atomic E-state index is 12.4. The Labute approximate surface area is 101 Å². The van der Waals surface area contributed by atoms with Gasteiger partial charge in [-0.15, -0.1) is 0 Å². The van der Waals surface area contributed by atoms with Gasteiger partial charge in [0.25, 0.3) is 5.56 Å². The molecule has 90 valence electrons. The summed E-state index contributed by atoms with van der Waals surface area (Å²) in [6, 6.07) is 7.67. The third kappa shape index (κ3) is 1.97. The Morgan fingerprint density at radius 2 is 1.76 bits per heavy atom. The molecule has 3 nitrogen and oxygen atoms in total. The largest absolute Gasteiger partial charge is 0.293 e. The van der Waals surface area contributed by atoms with E-state index in [0.29, 0.717) is 5.39 Å². The van der Waals surface area contributed by atoms with Gasteiger partial charge in [0.15, 0.2) is 0 Å². The number of nitrogens with zero attached hydrogens (tertiary/aromatic N) is 2. The molecule has 0 radical (unpaired) electrons. The van der Waals surface area contributed by atoms with Gasteiger partial charge < -0.3 is 0 Å². The van der Waals surface area contributed by atoms with Crippen molar-refractivity contribution >= 4 is 10.9 Å². The summed E-state index contributed by atoms with van der Waals surface area (Å²) < 4.78 is 1.80. The van der Waals surface area contributed by atoms with E-state index in [1.54, 1.807) is 4.57 Å². The Kier molecular flexibility index (Phi) is 3.01. The average molecular weight is 230 g/mol. The summed E-state index contributed by atoms with van der Waals surface area (Å²) >= 11 is 0. The first kappa shape index (κ1) is 11.8. The fraction of sp³-hybridized carbons (Fsp3) is 0.429. The lowest BCUT2D eigenvalue weighted by molar-refractivity contribution is 0.523. The van der Waals surface area contributed by atoms with Crippen molar-refractivity contribution in [1.82, 2.24) is 9.55 Å². The number of para-hydroxylation sites is 1. The number of rotatable bonds is 2. The van der Waals surface area contributed by atoms with E-state index in [4.69, 9.17) is 0 Å². The van der Waals surface area contributed by atoms with Crippen LogP contribution in [0.1, 0.15) is 45.5 Å². The molecule has 0 atom stereocenters. The molecule has 0 bridgehead atoms. The summed E-state index contributed by atoms with van der Waals surface area (Å²) in [7, 11) is 0. The van der Waals surface area contributed by atoms with Crippen molar-refractivity contribution in [3.05, 3.63) is 40.4 Å². The van der Waals surface area contributed by atoms with Crippen LogP contribution < -0.4 is 5.56 Å². The second-order valence-electron chi connectivity index (χ2n) is 4.91. The molecule has 0 aliphatic rings. The van der Waals surface area contributed by atoms with Gasteiger partial charge in [-0.25, -0.2) is 4.98 Å². The zero-order chi connectivity index (χ0) is 12.6. The van der Waals surface area contributed by atoms with Crippen molar-refractivity contribution in [2.75, 3.05) is 0 Å². The van der Waals surface area contributed by atoms with Crippen LogP contribution in [-0.4, -0.2) is 9.55 Å². The van der Waals surface area contributed by atoms with E-state index in [1.807, 2.05) is 38.1 Å². The van der Waals surface area contributed by atoms with E-state index < -0.39 is 0 Å². The molecule has 17 heavy (non-hydrogen) atoms. The summed E-state index contributed by atoms with van der Waals surface area (Å²) in [6.45, 7) is 8.16. The monoisotopic (exact) mass is 230 g/mol. The third-order valence-corrected chi connectivity index (χ3v) is 2.87. The first-order chi connectivity index (χ1) is 8.02. The highest BCUT2D eigenvalue weighted by Crippen LogP contribution is 2.17. The number of fused-ring (bicyclic) bond motifs is 1. The minimum atomic E-state index is 0.0642. The van der Waals surface area contributed by atoms with Gasteiger partial charge in [0, 0.05) is 12.0 Å². The Balaban J connectivity index is 2.89. The second kappa shape index (κ2) is 4.32. The molecule has 0 aliphatic carbocycles. The van der Waals surface area contributed by atoms with E-state index in [9.17, 15) is 4.79 Å². The molecule has 1 aromatic carbocycles. The van der Waals surface area contributed by atoms with Crippen molar-refractivity contribution < 1.29 is 0 Å². The summed E-state index contributed by atoms with van der Waals surface area (Å²) in [5.74, 6) is 1.11. The lowest BCUT2D eigenvalue weighted by atomic mass is 10.1. The molecular weight excluding hydrogens is 212 g/mol. The average Bonchev–Trinajstić information content (AvgIpc) is 2.28. The van der Waals surface area contributed by atoms with E-state index in [1.165, 1.54) is 0 Å². The number of benzene rings is 1. The minimum Gasteiger partial charge on any atom is -0.293 e. The molecule has 0 fully saturated rings. The lowest BCUT2D eigenvalue weighted by Crippen LogP contribution is -2.27. The molecule has 0 N–H and O–H groups in total. The predicted molar refractivity (Wildman–Crippen MR) is 70.5 cm³/mol. The van der Waals surface area contributed by atoms with Gasteiger partial charge in [0.05, 0.1) is 10.9 Å². The van der Waals surface area contributed by atoms with Crippen LogP contribution in [0.25, 0.3) is 10.9 Å². The molecule has 0 saturated carbocycles. The smallest absolute Gasteiger partial charge is 0.261 e. The van der Waals surface area contributed by atoms with Crippen LogP contribution in [0.5, 0.6) is 0 Å². The second-order valence-corrected chi connectivity index (χ2v) is 4.91. The van der Waals surface area contributed by atoms with Gasteiger partial charge in [-0.3, -0.25) is 9.36 Å². The molecule has 1 heterocycles. The standard InChI is InChI=1S/C14H18N2O/c1-9(2)13-15-12-8-6-5-7-11(12)14(17)16(13)10(3)4/h5-10H,1-4H3. The molecule has 0 unspecified atom stereocenters. The van der Waals surface area contributed by atoms with E-state index >= 15 is 0 Å². The third-order valence-electron chi connectivity index (χ3n) is 2.87. The highest BCUT2D eigenvalue weighted by molar-refractivity contribution is 5.77. The van der Waals surface area contributed by atoms with Gasteiger partial charge in [-0.05, 0) is 26.0 Å². The minimum absolute atomic E-state index is 0.0642. The molecular formula is C14H18N2O. The number of aromatic nitrogens is 2. The Bertz CT molecular complexity index is 597. The molecule has 3 heteroatoms. The molecule has 0 aliphatic heterocycles. The van der Waals surface area contributed by atoms with Crippen molar-refractivity contribution in [3.63, 3.8) is 0 Å². The topological polar surface area (TPSA) is 34.9 Å². The Hall–Kier alpha value is -1.64. The van der Waals surface area contributed by atoms with Crippen LogP contribution in [0.4, 0.5) is 0 Å². The van der Waals surface area contributed by atoms with Crippen LogP contribution >= 0.6 is 0 Å². The summed E-state index contributed by atoms with van der Waals surface area (Å²) in [5, 5.41) is 0.700. The maximum atomic E-state index is 12.4. The highest BCUT2D eigenvalue weighted by atomic mass is 16.1. The van der Waals surface area contributed by atoms with E-state index in [0.717, 1.165) is 11.3 Å². The van der Waals surface area contributed by atoms with E-state index in [2.05, 4.69) is 18.8 Å². The molecule has 1 aromatic heterocycles. The Morgan fingerprint density at radius 1 is 1.12 bits per heavy atom. The fourth-order valence-electron chi connectivity index (χ4n) is 2.07. The first-order valence-corrected chi connectivity index (χ1v) is 6.03. The van der Waals surface area contributed by atoms with Crippen LogP contribution in [0.2, 0.25) is 0 Å². The Morgan fingerprint density at radius 3 is 2.35 bits per heavy atom. The summed E-state index contributed by atoms with van der Waals surface area (Å²) in [4.78, 5) is 17.0. The van der Waals surface area contributed by atoms with Crippen molar-refractivity contribution in [2.24, 2.45) is 0 Å².